The third kappa shape index (κ3) is 8.30. The Kier molecular flexibility index (Phi) is 7.68. The molecule has 0 aliphatic carbocycles. The highest BCUT2D eigenvalue weighted by Crippen LogP contribution is 2.27. The van der Waals surface area contributed by atoms with Crippen molar-refractivity contribution in [2.24, 2.45) is 0 Å². The first-order valence-electron chi connectivity index (χ1n) is 10.2. The Balaban J connectivity index is 2.05. The lowest BCUT2D eigenvalue weighted by Crippen LogP contribution is -2.27. The van der Waals surface area contributed by atoms with Crippen molar-refractivity contribution in [1.29, 1.82) is 0 Å². The Labute approximate surface area is 183 Å². The van der Waals surface area contributed by atoms with Gasteiger partial charge in [0.2, 0.25) is 0 Å². The van der Waals surface area contributed by atoms with Crippen LogP contribution in [0.15, 0.2) is 48.5 Å². The number of nitrogens with one attached hydrogen (secondary N) is 2. The average Bonchev–Trinajstić information content (AvgIpc) is 2.62. The van der Waals surface area contributed by atoms with E-state index in [2.05, 4.69) is 10.6 Å². The van der Waals surface area contributed by atoms with Crippen molar-refractivity contribution in [3.05, 3.63) is 59.7 Å². The fraction of sp³-hybridized carbons (Fsp3) is 0.417. The van der Waals surface area contributed by atoms with E-state index >= 15 is 0 Å². The van der Waals surface area contributed by atoms with E-state index in [-0.39, 0.29) is 12.5 Å². The van der Waals surface area contributed by atoms with Crippen LogP contribution in [0.25, 0.3) is 0 Å². The number of hydrogen-bond acceptors (Lipinski definition) is 5. The van der Waals surface area contributed by atoms with Gasteiger partial charge < -0.3 is 14.6 Å². The Hall–Kier alpha value is -3.06. The van der Waals surface area contributed by atoms with Crippen molar-refractivity contribution in [3.8, 4) is 0 Å². The number of rotatable bonds is 5. The second-order valence-electron chi connectivity index (χ2n) is 9.23. The lowest BCUT2D eigenvalue weighted by Gasteiger charge is -2.20. The summed E-state index contributed by atoms with van der Waals surface area (Å²) in [5.41, 5.74) is 1.85. The maximum atomic E-state index is 11.9. The highest BCUT2D eigenvalue weighted by atomic mass is 16.6. The first-order valence-corrected chi connectivity index (χ1v) is 10.2. The van der Waals surface area contributed by atoms with Gasteiger partial charge in [-0.05, 0) is 76.9 Å². The third-order valence-electron chi connectivity index (χ3n) is 4.10. The number of amides is 2. The van der Waals surface area contributed by atoms with Crippen LogP contribution in [-0.4, -0.2) is 35.1 Å². The summed E-state index contributed by atoms with van der Waals surface area (Å²) in [4.78, 5) is 23.8. The van der Waals surface area contributed by atoms with Crippen LogP contribution < -0.4 is 10.6 Å². The summed E-state index contributed by atoms with van der Waals surface area (Å²) in [6, 6.07) is 14.4. The molecule has 0 saturated carbocycles. The van der Waals surface area contributed by atoms with Gasteiger partial charge in [0.05, 0.1) is 6.61 Å². The second kappa shape index (κ2) is 9.83. The first kappa shape index (κ1) is 24.2. The van der Waals surface area contributed by atoms with E-state index in [1.165, 1.54) is 0 Å². The number of aliphatic hydroxyl groups excluding tert-OH is 1. The molecule has 0 aromatic heterocycles. The molecular formula is C24H32N2O5. The van der Waals surface area contributed by atoms with Gasteiger partial charge in [-0.15, -0.1) is 0 Å². The van der Waals surface area contributed by atoms with Gasteiger partial charge in [0.25, 0.3) is 0 Å². The molecule has 7 heteroatoms. The maximum Gasteiger partial charge on any atom is 0.412 e. The third-order valence-corrected chi connectivity index (χ3v) is 4.10. The minimum Gasteiger partial charge on any atom is -0.444 e. The van der Waals surface area contributed by atoms with Crippen LogP contribution in [0, 0.1) is 0 Å². The molecule has 0 bridgehead atoms. The second-order valence-corrected chi connectivity index (χ2v) is 9.23. The van der Waals surface area contributed by atoms with Crippen molar-refractivity contribution in [2.75, 3.05) is 17.2 Å². The Bertz CT molecular complexity index is 805. The van der Waals surface area contributed by atoms with E-state index in [0.29, 0.717) is 11.4 Å². The predicted molar refractivity (Wildman–Crippen MR) is 122 cm³/mol. The zero-order chi connectivity index (χ0) is 23.2. The SMILES string of the molecule is CC(C)(C)OC(=O)Nc1ccc(C(CO)c2ccc(NC(=O)OC(C)(C)C)cc2)cc1. The number of ether oxygens (including phenoxy) is 2. The van der Waals surface area contributed by atoms with Gasteiger partial charge >= 0.3 is 12.2 Å². The molecule has 7 nitrogen and oxygen atoms in total. The van der Waals surface area contributed by atoms with Crippen LogP contribution in [0.1, 0.15) is 58.6 Å². The Morgan fingerprint density at radius 2 is 1.06 bits per heavy atom. The molecule has 0 unspecified atom stereocenters. The van der Waals surface area contributed by atoms with Crippen LogP contribution in [0.4, 0.5) is 21.0 Å². The van der Waals surface area contributed by atoms with E-state index < -0.39 is 23.4 Å². The van der Waals surface area contributed by atoms with Crippen molar-refractivity contribution in [2.45, 2.75) is 58.7 Å². The number of carbonyl (C=O) groups is 2. The first-order chi connectivity index (χ1) is 14.4. The largest absolute Gasteiger partial charge is 0.444 e. The summed E-state index contributed by atoms with van der Waals surface area (Å²) in [6.45, 7) is 10.7. The van der Waals surface area contributed by atoms with Crippen LogP contribution >= 0.6 is 0 Å². The number of aliphatic hydroxyl groups is 1. The van der Waals surface area contributed by atoms with Gasteiger partial charge in [-0.3, -0.25) is 10.6 Å². The predicted octanol–water partition coefficient (Wildman–Crippen LogP) is 5.50. The van der Waals surface area contributed by atoms with Gasteiger partial charge in [0.1, 0.15) is 11.2 Å². The molecule has 0 aliphatic rings. The molecule has 0 radical (unpaired) electrons. The molecule has 0 aliphatic heterocycles. The van der Waals surface area contributed by atoms with Crippen LogP contribution in [-0.2, 0) is 9.47 Å². The highest BCUT2D eigenvalue weighted by molar-refractivity contribution is 5.85. The molecule has 0 spiro atoms. The number of benzene rings is 2. The van der Waals surface area contributed by atoms with Crippen LogP contribution in [0.5, 0.6) is 0 Å². The highest BCUT2D eigenvalue weighted by Gasteiger charge is 2.18. The normalized spacial score (nSPS) is 11.7. The van der Waals surface area contributed by atoms with E-state index in [1.54, 1.807) is 65.8 Å². The summed E-state index contributed by atoms with van der Waals surface area (Å²) in [5.74, 6) is -0.244. The van der Waals surface area contributed by atoms with Crippen molar-refractivity contribution >= 4 is 23.6 Å². The Morgan fingerprint density at radius 3 is 1.32 bits per heavy atom. The number of carbonyl (C=O) groups excluding carboxylic acids is 2. The van der Waals surface area contributed by atoms with Crippen molar-refractivity contribution in [1.82, 2.24) is 0 Å². The van der Waals surface area contributed by atoms with Crippen LogP contribution in [0.2, 0.25) is 0 Å². The smallest absolute Gasteiger partial charge is 0.412 e. The van der Waals surface area contributed by atoms with Gasteiger partial charge in [0.15, 0.2) is 0 Å². The zero-order valence-electron chi connectivity index (χ0n) is 19.0. The van der Waals surface area contributed by atoms with Gasteiger partial charge in [-0.2, -0.15) is 0 Å². The van der Waals surface area contributed by atoms with E-state index in [1.807, 2.05) is 24.3 Å². The minimum atomic E-state index is -0.573. The van der Waals surface area contributed by atoms with Crippen molar-refractivity contribution < 1.29 is 24.2 Å². The molecular weight excluding hydrogens is 396 g/mol. The fourth-order valence-electron chi connectivity index (χ4n) is 2.84. The summed E-state index contributed by atoms with van der Waals surface area (Å²) in [7, 11) is 0. The number of hydrogen-bond donors (Lipinski definition) is 3. The van der Waals surface area contributed by atoms with Gasteiger partial charge in [-0.25, -0.2) is 9.59 Å². The summed E-state index contributed by atoms with van der Waals surface area (Å²) in [6.07, 6.45) is -1.04. The Morgan fingerprint density at radius 1 is 0.742 bits per heavy atom. The van der Waals surface area contributed by atoms with Crippen molar-refractivity contribution in [3.63, 3.8) is 0 Å². The summed E-state index contributed by atoms with van der Waals surface area (Å²) in [5, 5.41) is 15.3. The average molecular weight is 429 g/mol. The monoisotopic (exact) mass is 428 g/mol. The quantitative estimate of drug-likeness (QED) is 0.584. The van der Waals surface area contributed by atoms with E-state index in [0.717, 1.165) is 11.1 Å². The molecule has 0 fully saturated rings. The standard InChI is InChI=1S/C24H32N2O5/c1-23(2,3)30-21(28)25-18-11-7-16(8-12-18)20(15-27)17-9-13-19(14-10-17)26-22(29)31-24(4,5)6/h7-14,20,27H,15H2,1-6H3,(H,25,28)(H,26,29). The molecule has 2 aromatic carbocycles. The van der Waals surface area contributed by atoms with E-state index in [4.69, 9.17) is 9.47 Å². The van der Waals surface area contributed by atoms with E-state index in [9.17, 15) is 14.7 Å². The lowest BCUT2D eigenvalue weighted by molar-refractivity contribution is 0.0624. The van der Waals surface area contributed by atoms with Crippen LogP contribution in [0.3, 0.4) is 0 Å². The fourth-order valence-corrected chi connectivity index (χ4v) is 2.84. The topological polar surface area (TPSA) is 96.9 Å². The molecule has 0 atom stereocenters. The molecule has 31 heavy (non-hydrogen) atoms. The number of anilines is 2. The maximum absolute atomic E-state index is 11.9. The molecule has 2 aromatic rings. The summed E-state index contributed by atoms with van der Waals surface area (Å²) >= 11 is 0. The summed E-state index contributed by atoms with van der Waals surface area (Å²) < 4.78 is 10.5. The molecule has 0 saturated heterocycles. The molecule has 0 heterocycles. The lowest BCUT2D eigenvalue weighted by atomic mass is 9.92. The van der Waals surface area contributed by atoms with Gasteiger partial charge in [-0.1, -0.05) is 24.3 Å². The molecule has 2 amide bonds. The molecule has 3 N–H and O–H groups in total. The zero-order valence-corrected chi connectivity index (χ0v) is 19.0. The molecule has 168 valence electrons. The molecule has 2 rings (SSSR count). The van der Waals surface area contributed by atoms with Gasteiger partial charge in [0, 0.05) is 17.3 Å². The minimum absolute atomic E-state index is 0.0856.